The molecule has 1 aliphatic heterocycles. The van der Waals surface area contributed by atoms with E-state index in [0.717, 1.165) is 0 Å². The van der Waals surface area contributed by atoms with E-state index in [1.54, 1.807) is 13.8 Å². The first-order valence-electron chi connectivity index (χ1n) is 6.16. The summed E-state index contributed by atoms with van der Waals surface area (Å²) < 4.78 is 26.2. The third-order valence-corrected chi connectivity index (χ3v) is 4.01. The van der Waals surface area contributed by atoms with Gasteiger partial charge in [0.05, 0.1) is 31.5 Å². The molecule has 0 bridgehead atoms. The van der Waals surface area contributed by atoms with Crippen LogP contribution in [0.15, 0.2) is 0 Å². The molecule has 0 aromatic rings. The van der Waals surface area contributed by atoms with Crippen LogP contribution >= 0.6 is 7.82 Å². The van der Waals surface area contributed by atoms with E-state index in [2.05, 4.69) is 4.52 Å². The van der Waals surface area contributed by atoms with Crippen molar-refractivity contribution < 1.29 is 28.3 Å². The average Bonchev–Trinajstić information content (AvgIpc) is 2.54. The number of rotatable bonds is 6. The minimum atomic E-state index is -4.29. The molecule has 1 rings (SSSR count). The molecule has 2 unspecified atom stereocenters. The molecular weight excluding hydrogens is 259 g/mol. The van der Waals surface area contributed by atoms with Crippen molar-refractivity contribution in [3.05, 3.63) is 0 Å². The van der Waals surface area contributed by atoms with Crippen LogP contribution in [-0.4, -0.2) is 36.6 Å². The average molecular weight is 281 g/mol. The monoisotopic (exact) mass is 281 g/mol. The number of phosphoric ester groups is 1. The predicted octanol–water partition coefficient (Wildman–Crippen LogP) is 0.928. The Balaban J connectivity index is 2.50. The first-order valence-corrected chi connectivity index (χ1v) is 7.62. The lowest BCUT2D eigenvalue weighted by molar-refractivity contribution is -0.230. The van der Waals surface area contributed by atoms with Gasteiger partial charge in [0.15, 0.2) is 0 Å². The Labute approximate surface area is 108 Å². The summed E-state index contributed by atoms with van der Waals surface area (Å²) >= 11 is 0. The Morgan fingerprint density at radius 3 is 2.56 bits per heavy atom. The summed E-state index contributed by atoms with van der Waals surface area (Å²) in [7, 11) is -4.29. The van der Waals surface area contributed by atoms with Crippen LogP contribution in [0, 0.1) is 11.8 Å². The van der Waals surface area contributed by atoms with Crippen molar-refractivity contribution in [1.29, 1.82) is 0 Å². The van der Waals surface area contributed by atoms with Crippen LogP contribution in [0.2, 0.25) is 0 Å². The molecule has 0 spiro atoms. The van der Waals surface area contributed by atoms with E-state index < -0.39 is 26.1 Å². The van der Waals surface area contributed by atoms with Crippen molar-refractivity contribution in [3.63, 3.8) is 0 Å². The number of hydrogen-bond acceptors (Lipinski definition) is 6. The van der Waals surface area contributed by atoms with Gasteiger partial charge in [0, 0.05) is 5.92 Å². The molecule has 1 heterocycles. The quantitative estimate of drug-likeness (QED) is 0.729. The fourth-order valence-corrected chi connectivity index (χ4v) is 3.09. The van der Waals surface area contributed by atoms with Gasteiger partial charge in [-0.1, -0.05) is 13.8 Å². The lowest BCUT2D eigenvalue weighted by Gasteiger charge is -2.28. The summed E-state index contributed by atoms with van der Waals surface area (Å²) in [5.41, 5.74) is 0. The number of aliphatic hydroxyl groups excluding tert-OH is 1. The van der Waals surface area contributed by atoms with E-state index in [-0.39, 0.29) is 25.0 Å². The van der Waals surface area contributed by atoms with E-state index >= 15 is 0 Å². The van der Waals surface area contributed by atoms with Crippen LogP contribution in [0.5, 0.6) is 0 Å². The molecule has 4 atom stereocenters. The molecule has 1 aliphatic rings. The Morgan fingerprint density at radius 1 is 1.44 bits per heavy atom. The Morgan fingerprint density at radius 2 is 2.06 bits per heavy atom. The minimum Gasteiger partial charge on any atom is -0.756 e. The van der Waals surface area contributed by atoms with Gasteiger partial charge in [0.1, 0.15) is 0 Å². The molecule has 0 aromatic carbocycles. The number of ether oxygens (including phenoxy) is 1. The second-order valence-corrected chi connectivity index (χ2v) is 6.52. The third-order valence-electron chi connectivity index (χ3n) is 2.86. The van der Waals surface area contributed by atoms with Gasteiger partial charge in [-0.3, -0.25) is 4.57 Å². The first kappa shape index (κ1) is 16.1. The van der Waals surface area contributed by atoms with Gasteiger partial charge in [0.25, 0.3) is 7.82 Å². The lowest BCUT2D eigenvalue weighted by Crippen LogP contribution is -2.32. The van der Waals surface area contributed by atoms with Crippen molar-refractivity contribution in [2.75, 3.05) is 13.2 Å². The molecular formula is C11H22O6P-. The van der Waals surface area contributed by atoms with Crippen LogP contribution in [0.3, 0.4) is 0 Å². The highest BCUT2D eigenvalue weighted by Gasteiger charge is 2.38. The van der Waals surface area contributed by atoms with E-state index in [9.17, 15) is 14.6 Å². The molecule has 1 fully saturated rings. The van der Waals surface area contributed by atoms with E-state index in [0.29, 0.717) is 0 Å². The molecule has 0 amide bonds. The van der Waals surface area contributed by atoms with Crippen molar-refractivity contribution in [2.45, 2.75) is 46.0 Å². The van der Waals surface area contributed by atoms with Gasteiger partial charge in [0.2, 0.25) is 0 Å². The third kappa shape index (κ3) is 4.61. The summed E-state index contributed by atoms with van der Waals surface area (Å²) in [5, 5.41) is 9.75. The summed E-state index contributed by atoms with van der Waals surface area (Å²) in [6.07, 6.45) is -1.45. The van der Waals surface area contributed by atoms with Crippen molar-refractivity contribution in [1.82, 2.24) is 0 Å². The second kappa shape index (κ2) is 6.46. The summed E-state index contributed by atoms with van der Waals surface area (Å²) in [6.45, 7) is 7.23. The van der Waals surface area contributed by atoms with E-state index in [4.69, 9.17) is 9.26 Å². The van der Waals surface area contributed by atoms with Gasteiger partial charge in [-0.05, 0) is 19.8 Å². The molecule has 0 saturated carbocycles. The van der Waals surface area contributed by atoms with Crippen LogP contribution in [0.1, 0.15) is 27.7 Å². The van der Waals surface area contributed by atoms with Crippen LogP contribution in [0.25, 0.3) is 0 Å². The van der Waals surface area contributed by atoms with E-state index in [1.807, 2.05) is 13.8 Å². The van der Waals surface area contributed by atoms with Crippen molar-refractivity contribution in [3.8, 4) is 0 Å². The maximum atomic E-state index is 11.4. The molecule has 7 heteroatoms. The zero-order valence-corrected chi connectivity index (χ0v) is 12.1. The van der Waals surface area contributed by atoms with Gasteiger partial charge < -0.3 is 23.8 Å². The SMILES string of the molecule is CC(C)OP(=O)([O-])OC[C@H]1OC[C@H](O)C1C(C)C. The highest BCUT2D eigenvalue weighted by molar-refractivity contribution is 7.45. The molecule has 1 saturated heterocycles. The summed E-state index contributed by atoms with van der Waals surface area (Å²) in [6, 6.07) is 0. The van der Waals surface area contributed by atoms with Crippen molar-refractivity contribution in [2.24, 2.45) is 11.8 Å². The maximum absolute atomic E-state index is 11.4. The van der Waals surface area contributed by atoms with E-state index in [1.165, 1.54) is 0 Å². The largest absolute Gasteiger partial charge is 0.756 e. The number of hydrogen-bond donors (Lipinski definition) is 1. The zero-order valence-electron chi connectivity index (χ0n) is 11.2. The van der Waals surface area contributed by atoms with Crippen LogP contribution < -0.4 is 4.89 Å². The highest BCUT2D eigenvalue weighted by atomic mass is 31.2. The smallest absolute Gasteiger partial charge is 0.268 e. The molecule has 0 aliphatic carbocycles. The minimum absolute atomic E-state index is 0.118. The lowest BCUT2D eigenvalue weighted by atomic mass is 9.88. The topological polar surface area (TPSA) is 88.1 Å². The van der Waals surface area contributed by atoms with Gasteiger partial charge in [-0.25, -0.2) is 0 Å². The fraction of sp³-hybridized carbons (Fsp3) is 1.00. The fourth-order valence-electron chi connectivity index (χ4n) is 2.18. The number of aliphatic hydroxyl groups is 1. The maximum Gasteiger partial charge on any atom is 0.268 e. The molecule has 1 N–H and O–H groups in total. The predicted molar refractivity (Wildman–Crippen MR) is 63.9 cm³/mol. The summed E-state index contributed by atoms with van der Waals surface area (Å²) in [4.78, 5) is 11.4. The zero-order chi connectivity index (χ0) is 13.9. The molecule has 0 radical (unpaired) electrons. The van der Waals surface area contributed by atoms with Crippen LogP contribution in [-0.2, 0) is 18.3 Å². The molecule has 0 aromatic heterocycles. The summed E-state index contributed by atoms with van der Waals surface area (Å²) in [5.74, 6) is 0.0669. The van der Waals surface area contributed by atoms with Gasteiger partial charge >= 0.3 is 0 Å². The van der Waals surface area contributed by atoms with Crippen molar-refractivity contribution >= 4 is 7.82 Å². The van der Waals surface area contributed by atoms with Gasteiger partial charge in [-0.15, -0.1) is 0 Å². The molecule has 6 nitrogen and oxygen atoms in total. The number of phosphoric acid groups is 1. The Kier molecular flexibility index (Phi) is 5.77. The Bertz CT molecular complexity index is 306. The standard InChI is InChI=1S/C11H23O6P/c1-7(2)11-9(12)5-15-10(11)6-16-18(13,14)17-8(3)4/h7-12H,5-6H2,1-4H3,(H,13,14)/p-1/t9-,10+,11?/m0/s1. The first-order chi connectivity index (χ1) is 8.23. The molecule has 108 valence electrons. The second-order valence-electron chi connectivity index (χ2n) is 5.16. The normalized spacial score (nSPS) is 32.1. The Hall–Kier alpha value is 0.0300. The van der Waals surface area contributed by atoms with Crippen LogP contribution in [0.4, 0.5) is 0 Å². The van der Waals surface area contributed by atoms with Gasteiger partial charge in [-0.2, -0.15) is 0 Å². The highest BCUT2D eigenvalue weighted by Crippen LogP contribution is 2.41. The molecule has 18 heavy (non-hydrogen) atoms.